The molecule has 3 rings (SSSR count). The molecule has 0 spiro atoms. The molecule has 1 saturated heterocycles. The molecular weight excluding hydrogens is 320 g/mol. The Hall–Kier alpha value is -2.67. The van der Waals surface area contributed by atoms with Crippen LogP contribution in [0.2, 0.25) is 0 Å². The van der Waals surface area contributed by atoms with Crippen LogP contribution >= 0.6 is 0 Å². The van der Waals surface area contributed by atoms with Crippen molar-refractivity contribution in [1.29, 1.82) is 0 Å². The fourth-order valence-electron chi connectivity index (χ4n) is 2.73. The van der Waals surface area contributed by atoms with E-state index in [1.807, 2.05) is 24.3 Å². The minimum absolute atomic E-state index is 0.0888. The first-order valence-corrected chi connectivity index (χ1v) is 8.26. The first-order chi connectivity index (χ1) is 12.2. The van der Waals surface area contributed by atoms with Gasteiger partial charge in [-0.05, 0) is 13.0 Å². The highest BCUT2D eigenvalue weighted by Crippen LogP contribution is 2.19. The van der Waals surface area contributed by atoms with Crippen molar-refractivity contribution in [2.24, 2.45) is 0 Å². The van der Waals surface area contributed by atoms with Gasteiger partial charge in [-0.2, -0.15) is 0 Å². The van der Waals surface area contributed by atoms with Gasteiger partial charge in [0.2, 0.25) is 0 Å². The van der Waals surface area contributed by atoms with Gasteiger partial charge in [-0.25, -0.2) is 9.97 Å². The second kappa shape index (κ2) is 7.94. The Morgan fingerprint density at radius 3 is 2.80 bits per heavy atom. The molecule has 132 valence electrons. The first-order valence-electron chi connectivity index (χ1n) is 8.26. The largest absolute Gasteiger partial charge is 0.496 e. The van der Waals surface area contributed by atoms with Crippen LogP contribution in [-0.4, -0.2) is 54.2 Å². The molecule has 2 heterocycles. The fraction of sp³-hybridized carbons (Fsp3) is 0.389. The van der Waals surface area contributed by atoms with Gasteiger partial charge in [-0.15, -0.1) is 0 Å². The Morgan fingerprint density at radius 2 is 2.04 bits per heavy atom. The lowest BCUT2D eigenvalue weighted by Crippen LogP contribution is -2.41. The van der Waals surface area contributed by atoms with Crippen molar-refractivity contribution in [1.82, 2.24) is 14.9 Å². The van der Waals surface area contributed by atoms with Crippen molar-refractivity contribution in [3.63, 3.8) is 0 Å². The summed E-state index contributed by atoms with van der Waals surface area (Å²) < 4.78 is 10.6. The topological polar surface area (TPSA) is 76.6 Å². The quantitative estimate of drug-likeness (QED) is 0.894. The van der Waals surface area contributed by atoms with Gasteiger partial charge >= 0.3 is 0 Å². The molecular formula is C18H22N4O3. The number of carbonyl (C=O) groups is 1. The molecule has 1 fully saturated rings. The van der Waals surface area contributed by atoms with E-state index in [4.69, 9.17) is 9.47 Å². The lowest BCUT2D eigenvalue weighted by atomic mass is 10.2. The number of benzene rings is 1. The van der Waals surface area contributed by atoms with E-state index in [1.54, 1.807) is 25.0 Å². The van der Waals surface area contributed by atoms with Crippen LogP contribution in [0.15, 0.2) is 30.3 Å². The standard InChI is InChI=1S/C18H22N4O3/c1-13-20-15(18(23)22-7-9-25-10-8-22)11-17(21-13)19-12-14-5-3-4-6-16(14)24-2/h3-6,11H,7-10,12H2,1-2H3,(H,19,20,21). The lowest BCUT2D eigenvalue weighted by Gasteiger charge is -2.26. The summed E-state index contributed by atoms with van der Waals surface area (Å²) in [5.41, 5.74) is 1.42. The number of methoxy groups -OCH3 is 1. The maximum absolute atomic E-state index is 12.6. The monoisotopic (exact) mass is 342 g/mol. The summed E-state index contributed by atoms with van der Waals surface area (Å²) >= 11 is 0. The fourth-order valence-corrected chi connectivity index (χ4v) is 2.73. The summed E-state index contributed by atoms with van der Waals surface area (Å²) in [5.74, 6) is 1.90. The number of ether oxygens (including phenoxy) is 2. The summed E-state index contributed by atoms with van der Waals surface area (Å²) in [7, 11) is 1.65. The lowest BCUT2D eigenvalue weighted by molar-refractivity contribution is 0.0299. The molecule has 0 aliphatic carbocycles. The first kappa shape index (κ1) is 17.2. The molecule has 0 bridgehead atoms. The SMILES string of the molecule is COc1ccccc1CNc1cc(C(=O)N2CCOCC2)nc(C)n1. The second-order valence-electron chi connectivity index (χ2n) is 5.76. The normalized spacial score (nSPS) is 14.2. The van der Waals surface area contributed by atoms with Crippen molar-refractivity contribution >= 4 is 11.7 Å². The molecule has 0 saturated carbocycles. The Morgan fingerprint density at radius 1 is 1.28 bits per heavy atom. The maximum atomic E-state index is 12.6. The smallest absolute Gasteiger partial charge is 0.272 e. The molecule has 1 aliphatic heterocycles. The molecule has 25 heavy (non-hydrogen) atoms. The number of anilines is 1. The van der Waals surface area contributed by atoms with Gasteiger partial charge in [-0.3, -0.25) is 4.79 Å². The molecule has 0 unspecified atom stereocenters. The van der Waals surface area contributed by atoms with Gasteiger partial charge < -0.3 is 19.7 Å². The van der Waals surface area contributed by atoms with Gasteiger partial charge in [0.15, 0.2) is 0 Å². The zero-order chi connectivity index (χ0) is 17.6. The van der Waals surface area contributed by atoms with E-state index < -0.39 is 0 Å². The van der Waals surface area contributed by atoms with E-state index in [1.165, 1.54) is 0 Å². The predicted octanol–water partition coefficient (Wildman–Crippen LogP) is 1.88. The summed E-state index contributed by atoms with van der Waals surface area (Å²) in [5, 5.41) is 3.25. The van der Waals surface area contributed by atoms with E-state index in [0.29, 0.717) is 50.2 Å². The van der Waals surface area contributed by atoms with E-state index in [-0.39, 0.29) is 5.91 Å². The Bertz CT molecular complexity index is 745. The summed E-state index contributed by atoms with van der Waals surface area (Å²) in [4.78, 5) is 23.0. The van der Waals surface area contributed by atoms with Gasteiger partial charge in [-0.1, -0.05) is 18.2 Å². The van der Waals surface area contributed by atoms with Crippen LogP contribution in [0.5, 0.6) is 5.75 Å². The maximum Gasteiger partial charge on any atom is 0.272 e. The molecule has 2 aromatic rings. The van der Waals surface area contributed by atoms with Crippen molar-refractivity contribution in [2.75, 3.05) is 38.7 Å². The van der Waals surface area contributed by atoms with Crippen LogP contribution in [0.3, 0.4) is 0 Å². The summed E-state index contributed by atoms with van der Waals surface area (Å²) in [6.07, 6.45) is 0. The van der Waals surface area contributed by atoms with E-state index >= 15 is 0 Å². The minimum atomic E-state index is -0.0888. The third-order valence-electron chi connectivity index (χ3n) is 4.01. The average molecular weight is 342 g/mol. The van der Waals surface area contributed by atoms with Crippen LogP contribution in [0.4, 0.5) is 5.82 Å². The van der Waals surface area contributed by atoms with E-state index in [0.717, 1.165) is 11.3 Å². The number of hydrogen-bond donors (Lipinski definition) is 1. The molecule has 0 atom stereocenters. The number of morpholine rings is 1. The highest BCUT2D eigenvalue weighted by molar-refractivity contribution is 5.93. The molecule has 0 radical (unpaired) electrons. The average Bonchev–Trinajstić information content (AvgIpc) is 2.66. The molecule has 1 N–H and O–H groups in total. The van der Waals surface area contributed by atoms with Gasteiger partial charge in [0.1, 0.15) is 23.1 Å². The highest BCUT2D eigenvalue weighted by Gasteiger charge is 2.20. The van der Waals surface area contributed by atoms with E-state index in [2.05, 4.69) is 15.3 Å². The van der Waals surface area contributed by atoms with Crippen LogP contribution in [0.25, 0.3) is 0 Å². The highest BCUT2D eigenvalue weighted by atomic mass is 16.5. The van der Waals surface area contributed by atoms with Gasteiger partial charge in [0.25, 0.3) is 5.91 Å². The minimum Gasteiger partial charge on any atom is -0.496 e. The number of para-hydroxylation sites is 1. The molecule has 7 heteroatoms. The number of nitrogens with zero attached hydrogens (tertiary/aromatic N) is 3. The number of nitrogens with one attached hydrogen (secondary N) is 1. The van der Waals surface area contributed by atoms with Crippen LogP contribution in [0.1, 0.15) is 21.9 Å². The number of carbonyl (C=O) groups excluding carboxylic acids is 1. The Balaban J connectivity index is 1.74. The second-order valence-corrected chi connectivity index (χ2v) is 5.76. The third kappa shape index (κ3) is 4.24. The number of aryl methyl sites for hydroxylation is 1. The van der Waals surface area contributed by atoms with Crippen molar-refractivity contribution in [3.05, 3.63) is 47.4 Å². The Labute approximate surface area is 147 Å². The van der Waals surface area contributed by atoms with Crippen molar-refractivity contribution in [3.8, 4) is 5.75 Å². The van der Waals surface area contributed by atoms with Crippen LogP contribution in [-0.2, 0) is 11.3 Å². The molecule has 1 aliphatic rings. The number of hydrogen-bond acceptors (Lipinski definition) is 6. The zero-order valence-electron chi connectivity index (χ0n) is 14.5. The van der Waals surface area contributed by atoms with E-state index in [9.17, 15) is 4.79 Å². The molecule has 7 nitrogen and oxygen atoms in total. The predicted molar refractivity (Wildman–Crippen MR) is 93.8 cm³/mol. The third-order valence-corrected chi connectivity index (χ3v) is 4.01. The number of amides is 1. The summed E-state index contributed by atoms with van der Waals surface area (Å²) in [6.45, 7) is 4.64. The molecule has 1 amide bonds. The molecule has 1 aromatic heterocycles. The molecule has 1 aromatic carbocycles. The zero-order valence-corrected chi connectivity index (χ0v) is 14.5. The van der Waals surface area contributed by atoms with Crippen LogP contribution in [0, 0.1) is 6.92 Å². The van der Waals surface area contributed by atoms with Crippen molar-refractivity contribution in [2.45, 2.75) is 13.5 Å². The van der Waals surface area contributed by atoms with Gasteiger partial charge in [0, 0.05) is 31.3 Å². The summed E-state index contributed by atoms with van der Waals surface area (Å²) in [6, 6.07) is 9.48. The Kier molecular flexibility index (Phi) is 5.45. The number of aromatic nitrogens is 2. The number of rotatable bonds is 5. The van der Waals surface area contributed by atoms with Gasteiger partial charge in [0.05, 0.1) is 20.3 Å². The van der Waals surface area contributed by atoms with Crippen LogP contribution < -0.4 is 10.1 Å². The van der Waals surface area contributed by atoms with Crippen molar-refractivity contribution < 1.29 is 14.3 Å².